The number of aliphatic hydroxyl groups excluding tert-OH is 2. The first-order valence-corrected chi connectivity index (χ1v) is 13.1. The molecule has 0 aromatic rings. The third-order valence-electron chi connectivity index (χ3n) is 11.1. The highest BCUT2D eigenvalue weighted by atomic mass is 16.3. The number of aliphatic hydroxyl groups is 3. The Hall–Kier alpha value is -0.710. The smallest absolute Gasteiger partial charge is 0.133 e. The second kappa shape index (κ2) is 8.20. The van der Waals surface area contributed by atoms with Crippen molar-refractivity contribution < 1.29 is 20.1 Å². The van der Waals surface area contributed by atoms with Gasteiger partial charge in [0.15, 0.2) is 0 Å². The van der Waals surface area contributed by atoms with Crippen LogP contribution in [0.1, 0.15) is 86.5 Å². The molecule has 3 N–H and O–H groups in total. The van der Waals surface area contributed by atoms with E-state index in [9.17, 15) is 20.1 Å². The molecule has 4 saturated carbocycles. The highest BCUT2D eigenvalue weighted by Crippen LogP contribution is 2.68. The van der Waals surface area contributed by atoms with Gasteiger partial charge >= 0.3 is 0 Å². The lowest BCUT2D eigenvalue weighted by atomic mass is 9.43. The maximum Gasteiger partial charge on any atom is 0.133 e. The van der Waals surface area contributed by atoms with E-state index in [1.54, 1.807) is 0 Å². The Morgan fingerprint density at radius 3 is 2.44 bits per heavy atom. The molecule has 0 radical (unpaired) electrons. The molecule has 4 heteroatoms. The standard InChI is InChI=1S/C28H46O4/c1-16(2)17(3)9-12-27(5,32)23-8-7-20-25-21(15-24(31)28(20,23)6)26(4)11-10-19(29)13-18(26)14-22(25)30/h9,12,16-18,20-25,30-32H,7-8,10-11,13-15H2,1-6H3. The van der Waals surface area contributed by atoms with Gasteiger partial charge < -0.3 is 15.3 Å². The Morgan fingerprint density at radius 2 is 1.78 bits per heavy atom. The minimum absolute atomic E-state index is 0.0212. The molecule has 0 aromatic heterocycles. The minimum atomic E-state index is -0.982. The molecule has 11 atom stereocenters. The van der Waals surface area contributed by atoms with E-state index in [0.29, 0.717) is 43.3 Å². The van der Waals surface area contributed by atoms with Crippen LogP contribution < -0.4 is 0 Å². The van der Waals surface area contributed by atoms with E-state index >= 15 is 0 Å². The largest absolute Gasteiger partial charge is 0.393 e. The van der Waals surface area contributed by atoms with E-state index in [4.69, 9.17) is 0 Å². The quantitative estimate of drug-likeness (QED) is 0.544. The molecule has 4 aliphatic rings. The van der Waals surface area contributed by atoms with E-state index in [-0.39, 0.29) is 35.0 Å². The number of rotatable bonds is 4. The van der Waals surface area contributed by atoms with Crippen molar-refractivity contribution in [3.8, 4) is 0 Å². The molecule has 0 spiro atoms. The molecule has 32 heavy (non-hydrogen) atoms. The maximum absolute atomic E-state index is 12.2. The second-order valence-corrected chi connectivity index (χ2v) is 13.0. The predicted octanol–water partition coefficient (Wildman–Crippen LogP) is 4.76. The zero-order valence-electron chi connectivity index (χ0n) is 21.1. The molecule has 0 aromatic carbocycles. The fraction of sp³-hybridized carbons (Fsp3) is 0.893. The third-order valence-corrected chi connectivity index (χ3v) is 11.1. The number of Topliss-reactive ketones (excluding diaryl/α,β-unsaturated/α-hetero) is 1. The Morgan fingerprint density at radius 1 is 1.09 bits per heavy atom. The van der Waals surface area contributed by atoms with E-state index in [1.807, 2.05) is 13.0 Å². The van der Waals surface area contributed by atoms with Gasteiger partial charge in [-0.1, -0.05) is 46.8 Å². The normalized spacial score (nSPS) is 49.4. The van der Waals surface area contributed by atoms with Gasteiger partial charge in [-0.25, -0.2) is 0 Å². The summed E-state index contributed by atoms with van der Waals surface area (Å²) in [4.78, 5) is 12.2. The van der Waals surface area contributed by atoms with Crippen LogP contribution in [0.2, 0.25) is 0 Å². The molecular formula is C28H46O4. The van der Waals surface area contributed by atoms with Crippen molar-refractivity contribution in [3.63, 3.8) is 0 Å². The third kappa shape index (κ3) is 3.64. The molecule has 0 heterocycles. The number of hydrogen-bond acceptors (Lipinski definition) is 4. The van der Waals surface area contributed by atoms with Crippen LogP contribution >= 0.6 is 0 Å². The summed E-state index contributed by atoms with van der Waals surface area (Å²) in [5, 5.41) is 34.6. The summed E-state index contributed by atoms with van der Waals surface area (Å²) in [7, 11) is 0. The van der Waals surface area contributed by atoms with Crippen molar-refractivity contribution in [1.82, 2.24) is 0 Å². The summed E-state index contributed by atoms with van der Waals surface area (Å²) < 4.78 is 0. The first-order valence-electron chi connectivity index (χ1n) is 13.1. The van der Waals surface area contributed by atoms with Gasteiger partial charge in [-0.15, -0.1) is 0 Å². The highest BCUT2D eigenvalue weighted by molar-refractivity contribution is 5.79. The summed E-state index contributed by atoms with van der Waals surface area (Å²) >= 11 is 0. The van der Waals surface area contributed by atoms with Crippen LogP contribution in [0.15, 0.2) is 12.2 Å². The van der Waals surface area contributed by atoms with E-state index < -0.39 is 23.2 Å². The van der Waals surface area contributed by atoms with Gasteiger partial charge in [0, 0.05) is 18.3 Å². The lowest BCUT2D eigenvalue weighted by Gasteiger charge is -2.63. The zero-order valence-corrected chi connectivity index (χ0v) is 21.1. The van der Waals surface area contributed by atoms with Crippen LogP contribution in [-0.2, 0) is 4.79 Å². The van der Waals surface area contributed by atoms with Crippen molar-refractivity contribution in [3.05, 3.63) is 12.2 Å². The number of carbonyl (C=O) groups is 1. The van der Waals surface area contributed by atoms with Crippen molar-refractivity contribution in [2.45, 2.75) is 104 Å². The Bertz CT molecular complexity index is 757. The number of fused-ring (bicyclic) bond motifs is 5. The van der Waals surface area contributed by atoms with E-state index in [1.165, 1.54) is 0 Å². The zero-order chi connectivity index (χ0) is 23.6. The van der Waals surface area contributed by atoms with Gasteiger partial charge in [-0.3, -0.25) is 4.79 Å². The molecule has 4 rings (SSSR count). The Labute approximate surface area is 194 Å². The average molecular weight is 447 g/mol. The van der Waals surface area contributed by atoms with Crippen molar-refractivity contribution in [2.24, 2.45) is 52.3 Å². The maximum atomic E-state index is 12.2. The van der Waals surface area contributed by atoms with Gasteiger partial charge in [-0.2, -0.15) is 0 Å². The number of ketones is 1. The van der Waals surface area contributed by atoms with Gasteiger partial charge in [0.2, 0.25) is 0 Å². The van der Waals surface area contributed by atoms with Gasteiger partial charge in [0.1, 0.15) is 5.78 Å². The first kappa shape index (κ1) is 24.4. The lowest BCUT2D eigenvalue weighted by molar-refractivity contribution is -0.207. The monoisotopic (exact) mass is 446 g/mol. The topological polar surface area (TPSA) is 77.8 Å². The van der Waals surface area contributed by atoms with Crippen molar-refractivity contribution >= 4 is 5.78 Å². The van der Waals surface area contributed by atoms with E-state index in [2.05, 4.69) is 40.7 Å². The SMILES string of the molecule is CC(C)C(C)C=CC(C)(O)C1CCC2C3C(O)CC4CC(=O)CCC4(C)C3CC(O)C21C. The highest BCUT2D eigenvalue weighted by Gasteiger charge is 2.67. The lowest BCUT2D eigenvalue weighted by Crippen LogP contribution is -2.63. The Balaban J connectivity index is 1.64. The minimum Gasteiger partial charge on any atom is -0.393 e. The molecule has 4 nitrogen and oxygen atoms in total. The van der Waals surface area contributed by atoms with E-state index in [0.717, 1.165) is 19.3 Å². The van der Waals surface area contributed by atoms with Crippen LogP contribution in [0.25, 0.3) is 0 Å². The molecule has 4 fully saturated rings. The fourth-order valence-corrected chi connectivity index (χ4v) is 8.61. The molecule has 11 unspecified atom stereocenters. The van der Waals surface area contributed by atoms with Gasteiger partial charge in [0.25, 0.3) is 0 Å². The summed E-state index contributed by atoms with van der Waals surface area (Å²) in [6.07, 6.45) is 8.52. The van der Waals surface area contributed by atoms with Crippen LogP contribution in [0.3, 0.4) is 0 Å². The molecule has 4 aliphatic carbocycles. The van der Waals surface area contributed by atoms with Crippen LogP contribution in [0.4, 0.5) is 0 Å². The van der Waals surface area contributed by atoms with Crippen LogP contribution in [0.5, 0.6) is 0 Å². The number of hydrogen-bond donors (Lipinski definition) is 3. The molecular weight excluding hydrogens is 400 g/mol. The summed E-state index contributed by atoms with van der Waals surface area (Å²) in [5.41, 5.74) is -1.37. The van der Waals surface area contributed by atoms with Crippen LogP contribution in [0, 0.1) is 52.3 Å². The molecule has 0 aliphatic heterocycles. The molecule has 0 amide bonds. The van der Waals surface area contributed by atoms with Crippen LogP contribution in [-0.4, -0.2) is 38.9 Å². The van der Waals surface area contributed by atoms with Crippen molar-refractivity contribution in [2.75, 3.05) is 0 Å². The van der Waals surface area contributed by atoms with Crippen molar-refractivity contribution in [1.29, 1.82) is 0 Å². The average Bonchev–Trinajstić information content (AvgIpc) is 3.07. The predicted molar refractivity (Wildman–Crippen MR) is 127 cm³/mol. The second-order valence-electron chi connectivity index (χ2n) is 13.0. The summed E-state index contributed by atoms with van der Waals surface area (Å²) in [6.45, 7) is 13.0. The Kier molecular flexibility index (Phi) is 6.26. The summed E-state index contributed by atoms with van der Waals surface area (Å²) in [5.74, 6) is 2.04. The molecule has 0 bridgehead atoms. The molecule has 182 valence electrons. The number of allylic oxidation sites excluding steroid dienone is 1. The van der Waals surface area contributed by atoms with Gasteiger partial charge in [0.05, 0.1) is 17.8 Å². The molecule has 0 saturated heterocycles. The number of carbonyl (C=O) groups excluding carboxylic acids is 1. The first-order chi connectivity index (χ1) is 14.8. The van der Waals surface area contributed by atoms with Gasteiger partial charge in [-0.05, 0) is 85.9 Å². The fourth-order valence-electron chi connectivity index (χ4n) is 8.61. The summed E-state index contributed by atoms with van der Waals surface area (Å²) in [6, 6.07) is 0.